The molecule has 0 bridgehead atoms. The zero-order valence-electron chi connectivity index (χ0n) is 17.5. The van der Waals surface area contributed by atoms with E-state index in [0.29, 0.717) is 39.5 Å². The van der Waals surface area contributed by atoms with Gasteiger partial charge in [-0.3, -0.25) is 14.6 Å². The van der Waals surface area contributed by atoms with Crippen LogP contribution in [-0.4, -0.2) is 21.8 Å². The van der Waals surface area contributed by atoms with Crippen LogP contribution in [-0.2, 0) is 5.41 Å². The van der Waals surface area contributed by atoms with E-state index < -0.39 is 0 Å². The molecular weight excluding hydrogens is 392 g/mol. The molecule has 2 amide bonds. The Balaban J connectivity index is 1.50. The highest BCUT2D eigenvalue weighted by atomic mass is 16.3. The third-order valence-electron chi connectivity index (χ3n) is 4.59. The second-order valence-electron chi connectivity index (χ2n) is 8.18. The van der Waals surface area contributed by atoms with Crippen LogP contribution in [0, 0.1) is 0 Å². The van der Waals surface area contributed by atoms with E-state index in [1.54, 1.807) is 60.8 Å². The quantitative estimate of drug-likeness (QED) is 0.488. The first-order valence-corrected chi connectivity index (χ1v) is 9.83. The van der Waals surface area contributed by atoms with Crippen molar-refractivity contribution in [2.24, 2.45) is 0 Å². The van der Waals surface area contributed by atoms with Gasteiger partial charge in [0.1, 0.15) is 5.52 Å². The summed E-state index contributed by atoms with van der Waals surface area (Å²) < 4.78 is 5.80. The number of rotatable bonds is 4. The third-order valence-corrected chi connectivity index (χ3v) is 4.59. The molecule has 7 nitrogen and oxygen atoms in total. The van der Waals surface area contributed by atoms with Gasteiger partial charge in [-0.1, -0.05) is 26.8 Å². The fourth-order valence-corrected chi connectivity index (χ4v) is 2.97. The van der Waals surface area contributed by atoms with Crippen LogP contribution < -0.4 is 10.6 Å². The molecule has 0 radical (unpaired) electrons. The van der Waals surface area contributed by atoms with Crippen LogP contribution in [0.2, 0.25) is 0 Å². The van der Waals surface area contributed by atoms with Crippen LogP contribution in [0.5, 0.6) is 0 Å². The lowest BCUT2D eigenvalue weighted by Gasteiger charge is -2.11. The van der Waals surface area contributed by atoms with Crippen LogP contribution in [0.3, 0.4) is 0 Å². The van der Waals surface area contributed by atoms with Gasteiger partial charge in [0.05, 0.1) is 5.56 Å². The number of carbonyl (C=O) groups excluding carboxylic acids is 2. The Morgan fingerprint density at radius 1 is 0.871 bits per heavy atom. The topological polar surface area (TPSA) is 97.1 Å². The maximum absolute atomic E-state index is 12.7. The van der Waals surface area contributed by atoms with Crippen molar-refractivity contribution >= 4 is 34.3 Å². The van der Waals surface area contributed by atoms with E-state index in [2.05, 4.69) is 20.6 Å². The minimum atomic E-state index is -0.295. The van der Waals surface area contributed by atoms with E-state index in [1.165, 1.54) is 6.20 Å². The zero-order chi connectivity index (χ0) is 22.0. The molecule has 0 unspecified atom stereocenters. The first kappa shape index (κ1) is 20.3. The van der Waals surface area contributed by atoms with Crippen LogP contribution in [0.1, 0.15) is 47.4 Å². The average Bonchev–Trinajstić information content (AvgIpc) is 3.18. The maximum Gasteiger partial charge on any atom is 0.257 e. The van der Waals surface area contributed by atoms with Crippen molar-refractivity contribution in [3.8, 4) is 0 Å². The van der Waals surface area contributed by atoms with Crippen LogP contribution in [0.4, 0.5) is 11.4 Å². The molecule has 31 heavy (non-hydrogen) atoms. The van der Waals surface area contributed by atoms with E-state index in [4.69, 9.17) is 4.42 Å². The fourth-order valence-electron chi connectivity index (χ4n) is 2.97. The maximum atomic E-state index is 12.7. The van der Waals surface area contributed by atoms with Gasteiger partial charge in [-0.15, -0.1) is 0 Å². The van der Waals surface area contributed by atoms with Gasteiger partial charge >= 0.3 is 0 Å². The molecule has 2 aromatic carbocycles. The third kappa shape index (κ3) is 4.61. The first-order valence-electron chi connectivity index (χ1n) is 9.83. The van der Waals surface area contributed by atoms with Crippen molar-refractivity contribution in [1.29, 1.82) is 0 Å². The summed E-state index contributed by atoms with van der Waals surface area (Å²) in [6.45, 7) is 6.08. The molecule has 0 aliphatic rings. The Kier molecular flexibility index (Phi) is 5.25. The minimum Gasteiger partial charge on any atom is -0.440 e. The summed E-state index contributed by atoms with van der Waals surface area (Å²) in [4.78, 5) is 33.5. The van der Waals surface area contributed by atoms with Gasteiger partial charge in [-0.25, -0.2) is 4.98 Å². The van der Waals surface area contributed by atoms with E-state index in [-0.39, 0.29) is 17.2 Å². The Labute approximate surface area is 179 Å². The van der Waals surface area contributed by atoms with E-state index >= 15 is 0 Å². The smallest absolute Gasteiger partial charge is 0.257 e. The number of pyridine rings is 1. The predicted octanol–water partition coefficient (Wildman–Crippen LogP) is 5.02. The Bertz CT molecular complexity index is 1260. The van der Waals surface area contributed by atoms with Crippen LogP contribution >= 0.6 is 0 Å². The van der Waals surface area contributed by atoms with Gasteiger partial charge in [0.15, 0.2) is 5.58 Å². The van der Waals surface area contributed by atoms with Gasteiger partial charge in [-0.05, 0) is 48.5 Å². The lowest BCUT2D eigenvalue weighted by atomic mass is 9.97. The molecular formula is C24H22N4O3. The van der Waals surface area contributed by atoms with Gasteiger partial charge in [0.25, 0.3) is 11.8 Å². The molecule has 0 aliphatic heterocycles. The number of oxazole rings is 1. The number of benzene rings is 2. The molecule has 0 atom stereocenters. The largest absolute Gasteiger partial charge is 0.440 e. The summed E-state index contributed by atoms with van der Waals surface area (Å²) in [5.41, 5.74) is 3.12. The second kappa shape index (κ2) is 8.02. The monoisotopic (exact) mass is 414 g/mol. The Hall–Kier alpha value is -4.00. The highest BCUT2D eigenvalue weighted by Gasteiger charge is 2.21. The standard InChI is InChI=1S/C24H22N4O3/c1-24(2,3)23-28-19-13-18(9-10-20(19)31-23)27-21(29)15-6-4-8-17(12-15)26-22(30)16-7-5-11-25-14-16/h4-14H,1-3H3,(H,26,30)(H,27,29). The van der Waals surface area contributed by atoms with Crippen molar-refractivity contribution in [2.45, 2.75) is 26.2 Å². The molecule has 2 N–H and O–H groups in total. The van der Waals surface area contributed by atoms with Gasteiger partial charge < -0.3 is 15.1 Å². The number of aromatic nitrogens is 2. The summed E-state index contributed by atoms with van der Waals surface area (Å²) in [5.74, 6) is 0.0520. The molecule has 0 spiro atoms. The summed E-state index contributed by atoms with van der Waals surface area (Å²) in [5, 5.41) is 5.64. The first-order chi connectivity index (χ1) is 14.8. The highest BCUT2D eigenvalue weighted by Crippen LogP contribution is 2.27. The van der Waals surface area contributed by atoms with Gasteiger partial charge in [-0.2, -0.15) is 0 Å². The summed E-state index contributed by atoms with van der Waals surface area (Å²) >= 11 is 0. The number of amides is 2. The van der Waals surface area contributed by atoms with E-state index in [0.717, 1.165) is 0 Å². The second-order valence-corrected chi connectivity index (χ2v) is 8.18. The normalized spacial score (nSPS) is 11.3. The Morgan fingerprint density at radius 3 is 2.29 bits per heavy atom. The minimum absolute atomic E-state index is 0.205. The van der Waals surface area contributed by atoms with Crippen molar-refractivity contribution in [3.05, 3.63) is 84.0 Å². The number of nitrogens with zero attached hydrogens (tertiary/aromatic N) is 2. The van der Waals surface area contributed by atoms with Crippen molar-refractivity contribution in [3.63, 3.8) is 0 Å². The number of hydrogen-bond acceptors (Lipinski definition) is 5. The average molecular weight is 414 g/mol. The molecule has 4 aromatic rings. The van der Waals surface area contributed by atoms with Crippen LogP contribution in [0.25, 0.3) is 11.1 Å². The molecule has 0 fully saturated rings. The summed E-state index contributed by atoms with van der Waals surface area (Å²) in [6.07, 6.45) is 3.08. The van der Waals surface area contributed by atoms with E-state index in [9.17, 15) is 9.59 Å². The number of fused-ring (bicyclic) bond motifs is 1. The van der Waals surface area contributed by atoms with Crippen LogP contribution in [0.15, 0.2) is 71.4 Å². The molecule has 2 heterocycles. The Morgan fingerprint density at radius 2 is 1.58 bits per heavy atom. The number of anilines is 2. The molecule has 4 rings (SSSR count). The molecule has 0 aliphatic carbocycles. The van der Waals surface area contributed by atoms with E-state index in [1.807, 2.05) is 20.8 Å². The van der Waals surface area contributed by atoms with Gasteiger partial charge in [0.2, 0.25) is 5.89 Å². The number of hydrogen-bond donors (Lipinski definition) is 2. The molecule has 2 aromatic heterocycles. The zero-order valence-corrected chi connectivity index (χ0v) is 17.5. The number of nitrogens with one attached hydrogen (secondary N) is 2. The lowest BCUT2D eigenvalue weighted by molar-refractivity contribution is 0.101. The molecule has 0 saturated carbocycles. The van der Waals surface area contributed by atoms with Crippen molar-refractivity contribution in [2.75, 3.05) is 10.6 Å². The van der Waals surface area contributed by atoms with Crippen molar-refractivity contribution in [1.82, 2.24) is 9.97 Å². The lowest BCUT2D eigenvalue weighted by Crippen LogP contribution is -2.14. The van der Waals surface area contributed by atoms with Crippen molar-refractivity contribution < 1.29 is 14.0 Å². The van der Waals surface area contributed by atoms with Gasteiger partial charge in [0, 0.05) is 34.7 Å². The predicted molar refractivity (Wildman–Crippen MR) is 119 cm³/mol. The summed E-state index contributed by atoms with van der Waals surface area (Å²) in [7, 11) is 0. The molecule has 0 saturated heterocycles. The molecule has 7 heteroatoms. The fraction of sp³-hybridized carbons (Fsp3) is 0.167. The molecule has 156 valence electrons. The highest BCUT2D eigenvalue weighted by molar-refractivity contribution is 6.07. The number of carbonyl (C=O) groups is 2. The SMILES string of the molecule is CC(C)(C)c1nc2cc(NC(=O)c3cccc(NC(=O)c4cccnc4)c3)ccc2o1. The summed E-state index contributed by atoms with van der Waals surface area (Å²) in [6, 6.07) is 15.4.